The molecule has 2 nitrogen and oxygen atoms in total. The lowest BCUT2D eigenvalue weighted by atomic mass is 10.1. The molecule has 3 heteroatoms. The summed E-state index contributed by atoms with van der Waals surface area (Å²) in [5, 5.41) is 2.13. The molecule has 0 unspecified atom stereocenters. The molecule has 1 aromatic carbocycles. The van der Waals surface area contributed by atoms with E-state index in [-0.39, 0.29) is 0 Å². The van der Waals surface area contributed by atoms with E-state index in [1.807, 2.05) is 30.5 Å². The van der Waals surface area contributed by atoms with Crippen molar-refractivity contribution in [2.75, 3.05) is 0 Å². The van der Waals surface area contributed by atoms with Crippen LogP contribution in [0, 0.1) is 0 Å². The normalized spacial score (nSPS) is 11.3. The van der Waals surface area contributed by atoms with Crippen molar-refractivity contribution in [1.82, 2.24) is 9.97 Å². The lowest BCUT2D eigenvalue weighted by molar-refractivity contribution is 0.477. The summed E-state index contributed by atoms with van der Waals surface area (Å²) >= 11 is 0. The van der Waals surface area contributed by atoms with Gasteiger partial charge in [0.1, 0.15) is 6.67 Å². The van der Waals surface area contributed by atoms with Gasteiger partial charge in [0, 0.05) is 17.0 Å². The molecule has 0 saturated heterocycles. The number of hydrogen-bond acceptors (Lipinski definition) is 1. The Hall–Kier alpha value is -1.90. The molecule has 3 rings (SSSR count). The van der Waals surface area contributed by atoms with Gasteiger partial charge >= 0.3 is 0 Å². The fourth-order valence-electron chi connectivity index (χ4n) is 1.82. The van der Waals surface area contributed by atoms with E-state index in [0.29, 0.717) is 5.69 Å². The maximum atomic E-state index is 12.5. The maximum Gasteiger partial charge on any atom is 0.131 e. The van der Waals surface area contributed by atoms with Gasteiger partial charge in [-0.1, -0.05) is 18.2 Å². The summed E-state index contributed by atoms with van der Waals surface area (Å²) in [5.41, 5.74) is 2.29. The summed E-state index contributed by atoms with van der Waals surface area (Å²) in [6.07, 6.45) is 1.87. The lowest BCUT2D eigenvalue weighted by Gasteiger charge is -2.00. The van der Waals surface area contributed by atoms with Gasteiger partial charge in [-0.05, 0) is 12.1 Å². The van der Waals surface area contributed by atoms with Gasteiger partial charge in [-0.2, -0.15) is 0 Å². The topological polar surface area (TPSA) is 28.7 Å². The van der Waals surface area contributed by atoms with Gasteiger partial charge in [-0.25, -0.2) is 9.37 Å². The molecule has 74 valence electrons. The quantitative estimate of drug-likeness (QED) is 0.642. The van der Waals surface area contributed by atoms with E-state index in [9.17, 15) is 4.39 Å². The van der Waals surface area contributed by atoms with Gasteiger partial charge < -0.3 is 4.98 Å². The zero-order chi connectivity index (χ0) is 10.3. The van der Waals surface area contributed by atoms with Crippen LogP contribution < -0.4 is 0 Å². The Morgan fingerprint density at radius 3 is 2.73 bits per heavy atom. The van der Waals surface area contributed by atoms with Crippen LogP contribution in [0.15, 0.2) is 36.5 Å². The zero-order valence-corrected chi connectivity index (χ0v) is 8.00. The van der Waals surface area contributed by atoms with Crippen LogP contribution in [0.5, 0.6) is 0 Å². The Morgan fingerprint density at radius 1 is 1.07 bits per heavy atom. The minimum atomic E-state index is -0.521. The van der Waals surface area contributed by atoms with Gasteiger partial charge in [0.15, 0.2) is 0 Å². The Morgan fingerprint density at radius 2 is 1.87 bits per heavy atom. The average Bonchev–Trinajstić information content (AvgIpc) is 2.76. The fourth-order valence-corrected chi connectivity index (χ4v) is 1.82. The number of benzene rings is 1. The summed E-state index contributed by atoms with van der Waals surface area (Å²) in [6.45, 7) is -0.521. The lowest BCUT2D eigenvalue weighted by Crippen LogP contribution is -1.87. The van der Waals surface area contributed by atoms with E-state index in [0.717, 1.165) is 21.8 Å². The molecule has 15 heavy (non-hydrogen) atoms. The van der Waals surface area contributed by atoms with Gasteiger partial charge in [0.05, 0.1) is 16.7 Å². The first kappa shape index (κ1) is 8.41. The molecule has 0 saturated carbocycles. The summed E-state index contributed by atoms with van der Waals surface area (Å²) in [5.74, 6) is 0. The first-order chi connectivity index (χ1) is 7.38. The van der Waals surface area contributed by atoms with Crippen molar-refractivity contribution in [2.45, 2.75) is 6.67 Å². The van der Waals surface area contributed by atoms with Crippen LogP contribution in [0.1, 0.15) is 5.69 Å². The number of alkyl halides is 1. The highest BCUT2D eigenvalue weighted by Crippen LogP contribution is 2.22. The highest BCUT2D eigenvalue weighted by molar-refractivity contribution is 6.02. The Bertz CT molecular complexity index is 628. The summed E-state index contributed by atoms with van der Waals surface area (Å²) in [7, 11) is 0. The first-order valence-electron chi connectivity index (χ1n) is 4.80. The van der Waals surface area contributed by atoms with E-state index >= 15 is 0 Å². The highest BCUT2D eigenvalue weighted by atomic mass is 19.1. The number of nitrogens with one attached hydrogen (secondary N) is 1. The standard InChI is InChI=1S/C12H9FN2/c13-7-10-4-3-8-1-2-9-5-6-14-11(9)12(8)15-10/h1-6,14H,7H2. The predicted octanol–water partition coefficient (Wildman–Crippen LogP) is 3.19. The van der Waals surface area contributed by atoms with Gasteiger partial charge in [0.2, 0.25) is 0 Å². The van der Waals surface area contributed by atoms with Crippen LogP contribution in [0.25, 0.3) is 21.8 Å². The van der Waals surface area contributed by atoms with Crippen molar-refractivity contribution in [2.24, 2.45) is 0 Å². The van der Waals surface area contributed by atoms with Crippen molar-refractivity contribution in [1.29, 1.82) is 0 Å². The molecule has 0 bridgehead atoms. The molecule has 0 spiro atoms. The molecule has 0 aliphatic heterocycles. The van der Waals surface area contributed by atoms with Crippen molar-refractivity contribution in [3.05, 3.63) is 42.2 Å². The number of halogens is 1. The zero-order valence-electron chi connectivity index (χ0n) is 8.00. The summed E-state index contributed by atoms with van der Waals surface area (Å²) < 4.78 is 12.5. The Labute approximate surface area is 85.8 Å². The van der Waals surface area contributed by atoms with E-state index in [2.05, 4.69) is 9.97 Å². The van der Waals surface area contributed by atoms with E-state index in [1.165, 1.54) is 0 Å². The van der Waals surface area contributed by atoms with Crippen molar-refractivity contribution < 1.29 is 4.39 Å². The molecule has 0 fully saturated rings. The number of nitrogens with zero attached hydrogens (tertiary/aromatic N) is 1. The van der Waals surface area contributed by atoms with Crippen LogP contribution in [0.4, 0.5) is 4.39 Å². The molecule has 0 atom stereocenters. The molecule has 0 aliphatic carbocycles. The first-order valence-corrected chi connectivity index (χ1v) is 4.80. The third-order valence-electron chi connectivity index (χ3n) is 2.58. The molecule has 0 aliphatic rings. The number of aromatic nitrogens is 2. The number of fused-ring (bicyclic) bond motifs is 3. The Balaban J connectivity index is 2.48. The molecule has 0 radical (unpaired) electrons. The molecule has 2 heterocycles. The third-order valence-corrected chi connectivity index (χ3v) is 2.58. The second-order valence-corrected chi connectivity index (χ2v) is 3.52. The van der Waals surface area contributed by atoms with E-state index < -0.39 is 6.67 Å². The van der Waals surface area contributed by atoms with Crippen LogP contribution in [-0.4, -0.2) is 9.97 Å². The van der Waals surface area contributed by atoms with Crippen LogP contribution in [0.2, 0.25) is 0 Å². The predicted molar refractivity (Wildman–Crippen MR) is 58.4 cm³/mol. The number of hydrogen-bond donors (Lipinski definition) is 1. The monoisotopic (exact) mass is 200 g/mol. The Kier molecular flexibility index (Phi) is 1.71. The second-order valence-electron chi connectivity index (χ2n) is 3.52. The van der Waals surface area contributed by atoms with Crippen molar-refractivity contribution in [3.8, 4) is 0 Å². The molecule has 2 aromatic heterocycles. The fraction of sp³-hybridized carbons (Fsp3) is 0.0833. The SMILES string of the molecule is FCc1ccc2ccc3cc[nH]c3c2n1. The van der Waals surface area contributed by atoms with E-state index in [4.69, 9.17) is 0 Å². The smallest absolute Gasteiger partial charge is 0.131 e. The number of H-pyrrole nitrogens is 1. The average molecular weight is 200 g/mol. The summed E-state index contributed by atoms with van der Waals surface area (Å²) in [4.78, 5) is 7.42. The van der Waals surface area contributed by atoms with Crippen molar-refractivity contribution in [3.63, 3.8) is 0 Å². The van der Waals surface area contributed by atoms with Gasteiger partial charge in [-0.15, -0.1) is 0 Å². The molecule has 1 N–H and O–H groups in total. The van der Waals surface area contributed by atoms with Gasteiger partial charge in [-0.3, -0.25) is 0 Å². The second kappa shape index (κ2) is 3.05. The third kappa shape index (κ3) is 1.20. The van der Waals surface area contributed by atoms with Crippen LogP contribution >= 0.6 is 0 Å². The minimum absolute atomic E-state index is 0.476. The molecular weight excluding hydrogens is 191 g/mol. The largest absolute Gasteiger partial charge is 0.359 e. The van der Waals surface area contributed by atoms with Gasteiger partial charge in [0.25, 0.3) is 0 Å². The van der Waals surface area contributed by atoms with Crippen molar-refractivity contribution >= 4 is 21.8 Å². The molecule has 3 aromatic rings. The molecular formula is C12H9FN2. The van der Waals surface area contributed by atoms with Crippen LogP contribution in [-0.2, 0) is 6.67 Å². The highest BCUT2D eigenvalue weighted by Gasteiger charge is 2.03. The summed E-state index contributed by atoms with van der Waals surface area (Å²) in [6, 6.07) is 9.64. The minimum Gasteiger partial charge on any atom is -0.359 e. The van der Waals surface area contributed by atoms with E-state index in [1.54, 1.807) is 6.07 Å². The van der Waals surface area contributed by atoms with Crippen LogP contribution in [0.3, 0.4) is 0 Å². The number of pyridine rings is 1. The number of rotatable bonds is 1. The maximum absolute atomic E-state index is 12.5. The molecule has 0 amide bonds. The number of aromatic amines is 1.